The van der Waals surface area contributed by atoms with E-state index in [1.54, 1.807) is 6.26 Å². The Hall–Kier alpha value is -3.96. The van der Waals surface area contributed by atoms with E-state index in [1.807, 2.05) is 18.2 Å². The molecule has 0 fully saturated rings. The molecule has 4 N–H and O–H groups in total. The maximum Gasteiger partial charge on any atom is 0.337 e. The molecule has 0 aliphatic carbocycles. The van der Waals surface area contributed by atoms with Crippen LogP contribution in [0.3, 0.4) is 0 Å². The summed E-state index contributed by atoms with van der Waals surface area (Å²) in [5.41, 5.74) is 5.05. The maximum atomic E-state index is 12.3. The average Bonchev–Trinajstić information content (AvgIpc) is 3.26. The minimum absolute atomic E-state index is 0.0662. The first kappa shape index (κ1) is 25.1. The zero-order valence-electron chi connectivity index (χ0n) is 19.6. The second kappa shape index (κ2) is 9.96. The summed E-state index contributed by atoms with van der Waals surface area (Å²) in [4.78, 5) is 36.7. The number of fused-ring (bicyclic) bond motifs is 6. The number of aliphatic hydroxyl groups excluding tert-OH is 2. The van der Waals surface area contributed by atoms with Gasteiger partial charge in [-0.15, -0.1) is 0 Å². The highest BCUT2D eigenvalue weighted by Gasteiger charge is 2.42. The van der Waals surface area contributed by atoms with Gasteiger partial charge in [0.25, 0.3) is 0 Å². The van der Waals surface area contributed by atoms with Crippen molar-refractivity contribution in [3.8, 4) is 11.3 Å². The van der Waals surface area contributed by atoms with Crippen molar-refractivity contribution in [1.29, 1.82) is 0 Å². The van der Waals surface area contributed by atoms with Crippen LogP contribution in [0, 0.1) is 11.8 Å². The molecule has 0 saturated heterocycles. The molecule has 0 radical (unpaired) electrons. The van der Waals surface area contributed by atoms with Crippen LogP contribution in [0.5, 0.6) is 0 Å². The van der Waals surface area contributed by atoms with Crippen LogP contribution in [0.2, 0.25) is 0 Å². The highest BCUT2D eigenvalue weighted by molar-refractivity contribution is 5.98. The van der Waals surface area contributed by atoms with Crippen LogP contribution in [0.1, 0.15) is 12.6 Å². The summed E-state index contributed by atoms with van der Waals surface area (Å²) < 4.78 is 13.0. The fourth-order valence-corrected chi connectivity index (χ4v) is 4.76. The molecule has 0 spiro atoms. The first-order chi connectivity index (χ1) is 17.1. The number of aliphatic carboxylic acids is 2. The molecule has 36 heavy (non-hydrogen) atoms. The van der Waals surface area contributed by atoms with Crippen molar-refractivity contribution in [1.82, 2.24) is 9.55 Å². The summed E-state index contributed by atoms with van der Waals surface area (Å²) in [6.07, 6.45) is 0.0409. The molecule has 190 valence electrons. The summed E-state index contributed by atoms with van der Waals surface area (Å²) in [7, 11) is 1.42. The molecule has 4 aliphatic rings. The van der Waals surface area contributed by atoms with E-state index < -0.39 is 24.1 Å². The minimum atomic E-state index is -2.27. The lowest BCUT2D eigenvalue weighted by atomic mass is 9.75. The van der Waals surface area contributed by atoms with Gasteiger partial charge in [-0.05, 0) is 25.5 Å². The van der Waals surface area contributed by atoms with E-state index in [9.17, 15) is 14.4 Å². The summed E-state index contributed by atoms with van der Waals surface area (Å²) in [5.74, 6) is -3.50. The van der Waals surface area contributed by atoms with E-state index in [0.29, 0.717) is 5.57 Å². The predicted octanol–water partition coefficient (Wildman–Crippen LogP) is 1.28. The average molecular weight is 498 g/mol. The van der Waals surface area contributed by atoms with E-state index >= 15 is 0 Å². The molecule has 0 aromatic heterocycles. The Labute approximate surface area is 205 Å². The van der Waals surface area contributed by atoms with Gasteiger partial charge in [0.05, 0.1) is 30.2 Å². The van der Waals surface area contributed by atoms with Crippen molar-refractivity contribution >= 4 is 28.8 Å². The van der Waals surface area contributed by atoms with Crippen LogP contribution < -0.4 is 0 Å². The van der Waals surface area contributed by atoms with Crippen LogP contribution in [0.15, 0.2) is 48.4 Å². The molecule has 4 aliphatic heterocycles. The molecule has 0 saturated carbocycles. The number of benzene rings is 1. The van der Waals surface area contributed by atoms with Gasteiger partial charge in [0.1, 0.15) is 6.10 Å². The Morgan fingerprint density at radius 2 is 1.78 bits per heavy atom. The quantitative estimate of drug-likeness (QED) is 0.385. The molecule has 0 amide bonds. The van der Waals surface area contributed by atoms with Crippen molar-refractivity contribution in [2.45, 2.75) is 38.2 Å². The number of pyridine rings is 1. The molecule has 4 heterocycles. The first-order valence-corrected chi connectivity index (χ1v) is 11.3. The highest BCUT2D eigenvalue weighted by Crippen LogP contribution is 2.42. The number of hydrogen-bond acceptors (Lipinski definition) is 8. The van der Waals surface area contributed by atoms with Gasteiger partial charge < -0.3 is 34.5 Å². The Morgan fingerprint density at radius 3 is 2.42 bits per heavy atom. The molecule has 1 aromatic rings. The number of ether oxygens (including phenoxy) is 2. The number of carboxylic acids is 2. The van der Waals surface area contributed by atoms with Crippen molar-refractivity contribution in [2.24, 2.45) is 11.8 Å². The standard InChI is InChI=1S/C21H20N2O3.C4H6O6/c1-12-16-10-23-8-7-14-13-5-3-4-6-18(13)22-20(14)19(23)9-15(16)17(11-26-12)21(24)25-2;5-1(3(7)8)2(6)4(9)10/h3-8,11-12,15-16H,9-10H2,1-2H3;1-2,5-6H,(H,7,8)(H,9,10)/t12-,15-,16+;/m0./s1. The summed E-state index contributed by atoms with van der Waals surface area (Å²) >= 11 is 0. The van der Waals surface area contributed by atoms with Crippen LogP contribution in [0.25, 0.3) is 22.2 Å². The number of esters is 1. The number of carbonyl (C=O) groups excluding carboxylic acids is 1. The summed E-state index contributed by atoms with van der Waals surface area (Å²) in [6, 6.07) is 10.4. The van der Waals surface area contributed by atoms with E-state index in [-0.39, 0.29) is 23.9 Å². The van der Waals surface area contributed by atoms with Crippen molar-refractivity contribution < 1.29 is 44.3 Å². The van der Waals surface area contributed by atoms with Crippen molar-refractivity contribution in [2.75, 3.05) is 7.11 Å². The number of nitrogens with zero attached hydrogens (tertiary/aromatic N) is 2. The van der Waals surface area contributed by atoms with Gasteiger partial charge in [-0.3, -0.25) is 0 Å². The van der Waals surface area contributed by atoms with E-state index in [0.717, 1.165) is 24.2 Å². The monoisotopic (exact) mass is 498 g/mol. The largest absolute Gasteiger partial charge is 0.497 e. The minimum Gasteiger partial charge on any atom is -0.497 e. The predicted molar refractivity (Wildman–Crippen MR) is 125 cm³/mol. The van der Waals surface area contributed by atoms with Gasteiger partial charge in [-0.2, -0.15) is 0 Å². The Bertz CT molecular complexity index is 1300. The van der Waals surface area contributed by atoms with E-state index in [1.165, 1.54) is 23.8 Å². The molecule has 5 rings (SSSR count). The number of aliphatic hydroxyl groups is 2. The highest BCUT2D eigenvalue weighted by atomic mass is 16.5. The molecule has 11 heteroatoms. The van der Waals surface area contributed by atoms with Crippen LogP contribution in [-0.2, 0) is 36.8 Å². The number of hydrogen-bond donors (Lipinski definition) is 4. The number of para-hydroxylation sites is 1. The second-order valence-corrected chi connectivity index (χ2v) is 8.75. The lowest BCUT2D eigenvalue weighted by Gasteiger charge is -2.41. The smallest absolute Gasteiger partial charge is 0.337 e. The van der Waals surface area contributed by atoms with E-state index in [4.69, 9.17) is 34.9 Å². The van der Waals surface area contributed by atoms with Gasteiger partial charge in [0.2, 0.25) is 0 Å². The van der Waals surface area contributed by atoms with Crippen LogP contribution in [-0.4, -0.2) is 73.3 Å². The third-order valence-corrected chi connectivity index (χ3v) is 6.70. The number of methoxy groups -OCH3 is 1. The summed E-state index contributed by atoms with van der Waals surface area (Å²) in [5, 5.41) is 33.7. The van der Waals surface area contributed by atoms with Crippen LogP contribution in [0.4, 0.5) is 0 Å². The first-order valence-electron chi connectivity index (χ1n) is 11.3. The molecular weight excluding hydrogens is 472 g/mol. The lowest BCUT2D eigenvalue weighted by molar-refractivity contribution is -0.165. The Kier molecular flexibility index (Phi) is 6.95. The van der Waals surface area contributed by atoms with Crippen molar-refractivity contribution in [3.63, 3.8) is 0 Å². The zero-order chi connectivity index (χ0) is 26.1. The van der Waals surface area contributed by atoms with Gasteiger partial charge in [-0.25, -0.2) is 19.4 Å². The molecule has 2 unspecified atom stereocenters. The molecule has 5 atom stereocenters. The number of rotatable bonds is 4. The maximum absolute atomic E-state index is 12.3. The number of aromatic nitrogens is 2. The number of carboxylic acid groups (broad SMARTS) is 2. The third-order valence-electron chi connectivity index (χ3n) is 6.70. The van der Waals surface area contributed by atoms with Gasteiger partial charge in [0.15, 0.2) is 12.2 Å². The van der Waals surface area contributed by atoms with Gasteiger partial charge >= 0.3 is 17.9 Å². The van der Waals surface area contributed by atoms with Gasteiger partial charge in [0, 0.05) is 41.2 Å². The number of carbonyl (C=O) groups is 3. The second-order valence-electron chi connectivity index (χ2n) is 8.75. The molecule has 1 aromatic carbocycles. The van der Waals surface area contributed by atoms with Crippen molar-refractivity contribution in [3.05, 3.63) is 54.1 Å². The Balaban J connectivity index is 0.000000261. The lowest BCUT2D eigenvalue weighted by Crippen LogP contribution is -2.42. The SMILES string of the molecule is COC(=O)C1=CO[C@@H](C)[C@H]2Cn3ccc4c5ccccc5nc-4c3C[C@H]12.O=C(O)C(O)C(O)C(=O)O. The third kappa shape index (κ3) is 4.50. The zero-order valence-corrected chi connectivity index (χ0v) is 19.6. The summed E-state index contributed by atoms with van der Waals surface area (Å²) in [6.45, 7) is 2.88. The molecule has 11 nitrogen and oxygen atoms in total. The Morgan fingerprint density at radius 1 is 1.11 bits per heavy atom. The molecule has 0 bridgehead atoms. The fraction of sp³-hybridized carbons (Fsp3) is 0.360. The van der Waals surface area contributed by atoms with Crippen LogP contribution >= 0.6 is 0 Å². The fourth-order valence-electron chi connectivity index (χ4n) is 4.76. The normalized spacial score (nSPS) is 22.1. The molecular formula is C25H26N2O9. The van der Waals surface area contributed by atoms with E-state index in [2.05, 4.69) is 29.8 Å². The van der Waals surface area contributed by atoms with Gasteiger partial charge in [-0.1, -0.05) is 18.2 Å². The topological polar surface area (TPSA) is 168 Å².